The van der Waals surface area contributed by atoms with Crippen LogP contribution in [0.5, 0.6) is 0 Å². The van der Waals surface area contributed by atoms with Crippen molar-refractivity contribution in [2.24, 2.45) is 16.3 Å². The molecule has 1 saturated heterocycles. The van der Waals surface area contributed by atoms with Crippen molar-refractivity contribution in [1.82, 2.24) is 9.88 Å². The summed E-state index contributed by atoms with van der Waals surface area (Å²) in [4.78, 5) is 24.9. The van der Waals surface area contributed by atoms with E-state index in [1.807, 2.05) is 12.3 Å². The van der Waals surface area contributed by atoms with Gasteiger partial charge in [0.1, 0.15) is 0 Å². The van der Waals surface area contributed by atoms with Crippen LogP contribution in [-0.4, -0.2) is 67.0 Å². The Kier molecular flexibility index (Phi) is 5.99. The Hall–Kier alpha value is -1.61. The topological polar surface area (TPSA) is 50.0 Å². The molecule has 1 aromatic heterocycles. The number of hydrogen-bond donors (Lipinski definition) is 1. The second-order valence-electron chi connectivity index (χ2n) is 9.60. The fraction of sp³-hybridized carbons (Fsp3) is 0.480. The van der Waals surface area contributed by atoms with Crippen LogP contribution in [0.4, 0.5) is 0 Å². The second kappa shape index (κ2) is 8.73. The normalized spacial score (nSPS) is 27.1. The molecule has 5 nitrogen and oxygen atoms in total. The van der Waals surface area contributed by atoms with E-state index < -0.39 is 0 Å². The molecular weight excluding hydrogens is 577 g/mol. The van der Waals surface area contributed by atoms with Crippen molar-refractivity contribution in [3.8, 4) is 0 Å². The summed E-state index contributed by atoms with van der Waals surface area (Å²) in [6, 6.07) is 4.53. The number of allylic oxidation sites excluding steroid dienone is 1. The number of nitrogens with zero attached hydrogens (tertiary/aromatic N) is 3. The molecule has 1 spiro atoms. The summed E-state index contributed by atoms with van der Waals surface area (Å²) in [5.74, 6) is 1.03. The molecule has 158 valence electrons. The van der Waals surface area contributed by atoms with Gasteiger partial charge in [0, 0.05) is 12.4 Å². The molecule has 3 aliphatic heterocycles. The maximum atomic E-state index is 12.7. The average molecular weight is 607 g/mol. The number of fused-ring (bicyclic) bond motifs is 1. The summed E-state index contributed by atoms with van der Waals surface area (Å²) in [7, 11) is 0. The average Bonchev–Trinajstić information content (AvgIpc) is 3.34. The molecule has 6 heteroatoms. The van der Waals surface area contributed by atoms with Gasteiger partial charge in [-0.25, -0.2) is 0 Å². The van der Waals surface area contributed by atoms with E-state index in [9.17, 15) is 4.79 Å². The van der Waals surface area contributed by atoms with Gasteiger partial charge in [0.05, 0.1) is 0 Å². The van der Waals surface area contributed by atoms with Gasteiger partial charge in [-0.2, -0.15) is 0 Å². The number of amides is 1. The molecule has 1 N–H and O–H groups in total. The molecule has 2 fully saturated rings. The minimum absolute atomic E-state index is 0.303. The Morgan fingerprint density at radius 1 is 1.35 bits per heavy atom. The molecule has 2 atom stereocenters. The summed E-state index contributed by atoms with van der Waals surface area (Å²) in [6.45, 7) is 4.12. The molecule has 1 aromatic rings. The number of piperidine rings is 1. The Balaban J connectivity index is 1.16. The van der Waals surface area contributed by atoms with Crippen molar-refractivity contribution in [3.05, 3.63) is 62.8 Å². The molecule has 31 heavy (non-hydrogen) atoms. The summed E-state index contributed by atoms with van der Waals surface area (Å²) in [5, 5.41) is 0. The summed E-state index contributed by atoms with van der Waals surface area (Å²) in [6.07, 6.45) is 16.5. The maximum absolute atomic E-state index is 12.7. The first-order valence-corrected chi connectivity index (χ1v) is 14.1. The van der Waals surface area contributed by atoms with E-state index in [4.69, 9.17) is 0 Å². The molecule has 4 aliphatic rings. The van der Waals surface area contributed by atoms with Crippen molar-refractivity contribution in [1.29, 1.82) is 0 Å². The summed E-state index contributed by atoms with van der Waals surface area (Å²) in [5.41, 5.74) is 5.95. The van der Waals surface area contributed by atoms with Gasteiger partial charge in [-0.3, -0.25) is 4.98 Å². The predicted molar refractivity (Wildman–Crippen MR) is 122 cm³/mol. The number of carbonyl (C=O) groups excluding carboxylic acids is 1. The number of pyridine rings is 1. The second-order valence-corrected chi connectivity index (χ2v) is 11.1. The van der Waals surface area contributed by atoms with Crippen LogP contribution in [0.25, 0.3) is 0 Å². The van der Waals surface area contributed by atoms with E-state index in [0.29, 0.717) is 23.8 Å². The molecule has 1 amide bonds. The minimum atomic E-state index is 0.303. The van der Waals surface area contributed by atoms with Gasteiger partial charge in [-0.1, -0.05) is 6.07 Å². The molecule has 0 radical (unpaired) electrons. The fourth-order valence-corrected chi connectivity index (χ4v) is 6.98. The van der Waals surface area contributed by atoms with E-state index in [0.717, 1.165) is 69.6 Å². The van der Waals surface area contributed by atoms with Gasteiger partial charge < -0.3 is 0 Å². The van der Waals surface area contributed by atoms with Gasteiger partial charge in [0.15, 0.2) is 0 Å². The van der Waals surface area contributed by atoms with Crippen LogP contribution >= 0.6 is 0 Å². The number of rotatable bonds is 5. The van der Waals surface area contributed by atoms with Crippen molar-refractivity contribution < 1.29 is 9.69 Å². The number of aliphatic imine (C=N–C) groups is 1. The first kappa shape index (κ1) is 21.2. The van der Waals surface area contributed by atoms with Crippen molar-refractivity contribution in [2.75, 3.05) is 13.1 Å². The Morgan fingerprint density at radius 2 is 2.16 bits per heavy atom. The van der Waals surface area contributed by atoms with Crippen molar-refractivity contribution >= 4 is 38.0 Å². The first-order chi connectivity index (χ1) is 15.1. The molecule has 5 rings (SSSR count). The number of carbonyl (C=O) groups is 1. The van der Waals surface area contributed by atoms with Crippen LogP contribution in [0.1, 0.15) is 44.6 Å². The standard InChI is InChI=1S/C25H29N4O.Tl/c1-3-21-18(2)22-16-27-17-29(22)24(21)20-13-25(14-20)8-11-28(12-9-25)23(30)7-6-19-5-4-10-26-15-19;/h1,3-5,10,15-17,20,24H,6-9,11-14H2,2H3;/p+1/t24-;/m0./s1. The van der Waals surface area contributed by atoms with Gasteiger partial charge in [0.2, 0.25) is 0 Å². The molecule has 4 heterocycles. The van der Waals surface area contributed by atoms with Crippen molar-refractivity contribution in [3.63, 3.8) is 0 Å². The van der Waals surface area contributed by atoms with E-state index in [-0.39, 0.29) is 0 Å². The summed E-state index contributed by atoms with van der Waals surface area (Å²) >= 11 is 0.895. The van der Waals surface area contributed by atoms with Crippen LogP contribution in [-0.2, 0) is 11.2 Å². The number of aromatic nitrogens is 1. The van der Waals surface area contributed by atoms with E-state index in [1.54, 1.807) is 6.20 Å². The van der Waals surface area contributed by atoms with Crippen LogP contribution in [0, 0.1) is 11.3 Å². The predicted octanol–water partition coefficient (Wildman–Crippen LogP) is 2.18. The van der Waals surface area contributed by atoms with Crippen LogP contribution < -0.4 is 4.90 Å². The number of hydrogen-bond acceptors (Lipinski definition) is 3. The van der Waals surface area contributed by atoms with Crippen LogP contribution in [0.3, 0.4) is 0 Å². The monoisotopic (exact) mass is 607 g/mol. The van der Waals surface area contributed by atoms with Gasteiger partial charge in [0.25, 0.3) is 0 Å². The van der Waals surface area contributed by atoms with E-state index in [2.05, 4.69) is 50.1 Å². The van der Waals surface area contributed by atoms with Crippen LogP contribution in [0.15, 0.2) is 62.3 Å². The third kappa shape index (κ3) is 3.99. The van der Waals surface area contributed by atoms with Crippen LogP contribution in [0.2, 0.25) is 0 Å². The van der Waals surface area contributed by atoms with Crippen molar-refractivity contribution in [2.45, 2.75) is 51.5 Å². The Bertz CT molecular complexity index is 964. The summed E-state index contributed by atoms with van der Waals surface area (Å²) < 4.78 is 2.34. The van der Waals surface area contributed by atoms with E-state index >= 15 is 0 Å². The number of aryl methyl sites for hydroxylation is 1. The molecule has 1 aliphatic carbocycles. The number of nitrogens with one attached hydrogen (secondary N) is 1. The van der Waals surface area contributed by atoms with Gasteiger partial charge in [-0.05, 0) is 18.1 Å². The first-order valence-electron chi connectivity index (χ1n) is 11.5. The zero-order chi connectivity index (χ0) is 21.4. The SMILES string of the molecule is CC1=C(/C=[CH]\[Tl])[C@H](C2CC3(CCN(C(=O)CCc4cccnc4)CC3)C2)[NH+]2C=NC=C12. The molecule has 0 bridgehead atoms. The Labute approximate surface area is 200 Å². The third-order valence-corrected chi connectivity index (χ3v) is 8.65. The Morgan fingerprint density at radius 3 is 2.87 bits per heavy atom. The molecule has 0 aromatic carbocycles. The number of likely N-dealkylation sites (tertiary alicyclic amines) is 1. The molecular formula is C25H30N4OTl+. The zero-order valence-corrected chi connectivity index (χ0v) is 22.7. The molecule has 1 unspecified atom stereocenters. The number of quaternary nitrogens is 1. The van der Waals surface area contributed by atoms with Gasteiger partial charge >= 0.3 is 160 Å². The quantitative estimate of drug-likeness (QED) is 0.523. The fourth-order valence-electron chi connectivity index (χ4n) is 6.18. The van der Waals surface area contributed by atoms with Gasteiger partial charge in [-0.15, -0.1) is 0 Å². The molecule has 1 saturated carbocycles. The third-order valence-electron chi connectivity index (χ3n) is 7.90. The zero-order valence-electron chi connectivity index (χ0n) is 18.3. The van der Waals surface area contributed by atoms with E-state index in [1.165, 1.54) is 34.6 Å².